The van der Waals surface area contributed by atoms with E-state index in [2.05, 4.69) is 11.0 Å². The Morgan fingerprint density at radius 3 is 2.38 bits per heavy atom. The van der Waals surface area contributed by atoms with E-state index in [0.717, 1.165) is 31.9 Å². The minimum Gasteiger partial charge on any atom is -0.380 e. The Bertz CT molecular complexity index is 751. The van der Waals surface area contributed by atoms with Gasteiger partial charge in [-0.2, -0.15) is 0 Å². The van der Waals surface area contributed by atoms with E-state index >= 15 is 0 Å². The van der Waals surface area contributed by atoms with Crippen LogP contribution in [0.1, 0.15) is 60.9 Å². The summed E-state index contributed by atoms with van der Waals surface area (Å²) in [5.74, 6) is 0.564. The van der Waals surface area contributed by atoms with Crippen molar-refractivity contribution in [1.82, 2.24) is 4.90 Å². The van der Waals surface area contributed by atoms with Crippen molar-refractivity contribution in [2.75, 3.05) is 33.4 Å². The molecule has 2 heterocycles. The molecule has 4 fully saturated rings. The highest BCUT2D eigenvalue weighted by Crippen LogP contribution is 2.53. The van der Waals surface area contributed by atoms with Crippen molar-refractivity contribution in [3.8, 4) is 0 Å². The molecule has 3 atom stereocenters. The fourth-order valence-electron chi connectivity index (χ4n) is 6.86. The largest absolute Gasteiger partial charge is 0.380 e. The molecule has 4 aliphatic rings. The number of methoxy groups -OCH3 is 1. The highest BCUT2D eigenvalue weighted by molar-refractivity contribution is 5.92. The number of amides is 1. The minimum absolute atomic E-state index is 0.294. The van der Waals surface area contributed by atoms with Crippen LogP contribution in [-0.2, 0) is 15.1 Å². The van der Waals surface area contributed by atoms with Gasteiger partial charge in [-0.05, 0) is 56.2 Å². The Labute approximate surface area is 173 Å². The smallest absolute Gasteiger partial charge is 0.248 e. The first-order valence-corrected chi connectivity index (χ1v) is 11.3. The maximum absolute atomic E-state index is 11.8. The van der Waals surface area contributed by atoms with Crippen molar-refractivity contribution >= 4 is 5.91 Å². The quantitative estimate of drug-likeness (QED) is 0.845. The third-order valence-electron chi connectivity index (χ3n) is 8.51. The van der Waals surface area contributed by atoms with Gasteiger partial charge in [0.1, 0.15) is 5.60 Å². The van der Waals surface area contributed by atoms with Crippen molar-refractivity contribution in [1.29, 1.82) is 0 Å². The predicted molar refractivity (Wildman–Crippen MR) is 112 cm³/mol. The van der Waals surface area contributed by atoms with Crippen molar-refractivity contribution in [2.45, 2.75) is 56.6 Å². The summed E-state index contributed by atoms with van der Waals surface area (Å²) in [6.07, 6.45) is 8.90. The molecule has 29 heavy (non-hydrogen) atoms. The zero-order chi connectivity index (χ0) is 20.1. The number of benzene rings is 1. The lowest BCUT2D eigenvalue weighted by atomic mass is 9.61. The Morgan fingerprint density at radius 1 is 1.14 bits per heavy atom. The number of nitrogens with zero attached hydrogens (tertiary/aromatic N) is 1. The molecule has 0 unspecified atom stereocenters. The van der Waals surface area contributed by atoms with Gasteiger partial charge in [-0.3, -0.25) is 9.69 Å². The first-order chi connectivity index (χ1) is 14.1. The topological polar surface area (TPSA) is 64.8 Å². The summed E-state index contributed by atoms with van der Waals surface area (Å²) in [4.78, 5) is 14.6. The summed E-state index contributed by atoms with van der Waals surface area (Å²) >= 11 is 0. The summed E-state index contributed by atoms with van der Waals surface area (Å²) in [5, 5.41) is 0. The number of carbonyl (C=O) groups is 1. The summed E-state index contributed by atoms with van der Waals surface area (Å²) in [5.41, 5.74) is 7.51. The molecule has 5 rings (SSSR count). The Hall–Kier alpha value is -1.43. The third-order valence-corrected chi connectivity index (χ3v) is 8.51. The Morgan fingerprint density at radius 2 is 1.83 bits per heavy atom. The monoisotopic (exact) mass is 398 g/mol. The lowest BCUT2D eigenvalue weighted by molar-refractivity contribution is -0.182. The molecule has 1 aromatic carbocycles. The van der Waals surface area contributed by atoms with Gasteiger partial charge in [0.05, 0.1) is 13.2 Å². The van der Waals surface area contributed by atoms with E-state index in [1.165, 1.54) is 44.9 Å². The standard InChI is InChI=1S/C24H34N2O3/c1-28-24(18-5-2-4-17(12-18)22(25)27)19-6-3-7-20(24)14-26(13-19)21-8-10-23(11-9-21)15-29-16-23/h2,4-5,12,19-21H,3,6-11,13-16H2,1H3,(H2,25,27)/t19-,20+,24+. The van der Waals surface area contributed by atoms with Crippen LogP contribution in [-0.4, -0.2) is 50.3 Å². The van der Waals surface area contributed by atoms with Crippen molar-refractivity contribution in [3.63, 3.8) is 0 Å². The second-order valence-electron chi connectivity index (χ2n) is 9.94. The number of hydrogen-bond acceptors (Lipinski definition) is 4. The van der Waals surface area contributed by atoms with Crippen LogP contribution in [0, 0.1) is 17.3 Å². The fourth-order valence-corrected chi connectivity index (χ4v) is 6.86. The van der Waals surface area contributed by atoms with Gasteiger partial charge in [-0.25, -0.2) is 0 Å². The number of piperidine rings is 1. The highest BCUT2D eigenvalue weighted by Gasteiger charge is 2.54. The van der Waals surface area contributed by atoms with E-state index in [1.54, 1.807) is 0 Å². The molecule has 2 saturated carbocycles. The second-order valence-corrected chi connectivity index (χ2v) is 9.94. The summed E-state index contributed by atoms with van der Waals surface area (Å²) in [7, 11) is 1.86. The molecule has 1 aromatic rings. The Balaban J connectivity index is 1.38. The predicted octanol–water partition coefficient (Wildman–Crippen LogP) is 3.32. The minimum atomic E-state index is -0.364. The molecule has 2 bridgehead atoms. The van der Waals surface area contributed by atoms with E-state index in [-0.39, 0.29) is 11.5 Å². The van der Waals surface area contributed by atoms with Crippen LogP contribution in [0.3, 0.4) is 0 Å². The van der Waals surface area contributed by atoms with Gasteiger partial charge in [0.2, 0.25) is 5.91 Å². The van der Waals surface area contributed by atoms with E-state index in [1.807, 2.05) is 25.3 Å². The number of carbonyl (C=O) groups excluding carboxylic acids is 1. The maximum atomic E-state index is 11.8. The number of likely N-dealkylation sites (tertiary alicyclic amines) is 1. The molecule has 1 spiro atoms. The number of ether oxygens (including phenoxy) is 2. The molecule has 2 N–H and O–H groups in total. The lowest BCUT2D eigenvalue weighted by Crippen LogP contribution is -2.61. The molecule has 0 aromatic heterocycles. The van der Waals surface area contributed by atoms with Crippen LogP contribution in [0.25, 0.3) is 0 Å². The van der Waals surface area contributed by atoms with E-state index in [4.69, 9.17) is 15.2 Å². The number of rotatable bonds is 4. The molecule has 5 heteroatoms. The summed E-state index contributed by atoms with van der Waals surface area (Å²) in [6.45, 7) is 4.15. The molecule has 5 nitrogen and oxygen atoms in total. The van der Waals surface area contributed by atoms with Gasteiger partial charge in [0, 0.05) is 49.1 Å². The van der Waals surface area contributed by atoms with Crippen molar-refractivity contribution in [2.24, 2.45) is 23.0 Å². The summed E-state index contributed by atoms with van der Waals surface area (Å²) < 4.78 is 11.9. The lowest BCUT2D eigenvalue weighted by Gasteiger charge is -2.58. The molecule has 1 amide bonds. The van der Waals surface area contributed by atoms with Crippen LogP contribution in [0.4, 0.5) is 0 Å². The van der Waals surface area contributed by atoms with Gasteiger partial charge in [-0.15, -0.1) is 0 Å². The second kappa shape index (κ2) is 7.36. The van der Waals surface area contributed by atoms with Crippen molar-refractivity contribution < 1.29 is 14.3 Å². The van der Waals surface area contributed by atoms with Crippen LogP contribution in [0.15, 0.2) is 24.3 Å². The number of nitrogens with two attached hydrogens (primary N) is 1. The van der Waals surface area contributed by atoms with Crippen molar-refractivity contribution in [3.05, 3.63) is 35.4 Å². The van der Waals surface area contributed by atoms with E-state index in [9.17, 15) is 4.79 Å². The first kappa shape index (κ1) is 19.5. The van der Waals surface area contributed by atoms with Gasteiger partial charge >= 0.3 is 0 Å². The molecule has 2 saturated heterocycles. The fraction of sp³-hybridized carbons (Fsp3) is 0.708. The van der Waals surface area contributed by atoms with Crippen LogP contribution in [0.2, 0.25) is 0 Å². The summed E-state index contributed by atoms with van der Waals surface area (Å²) in [6, 6.07) is 8.59. The Kier molecular flexibility index (Phi) is 4.96. The number of fused-ring (bicyclic) bond motifs is 2. The molecule has 2 aliphatic heterocycles. The molecular formula is C24H34N2O3. The van der Waals surface area contributed by atoms with Gasteiger partial charge < -0.3 is 15.2 Å². The third kappa shape index (κ3) is 3.13. The zero-order valence-electron chi connectivity index (χ0n) is 17.6. The first-order valence-electron chi connectivity index (χ1n) is 11.3. The number of hydrogen-bond donors (Lipinski definition) is 1. The van der Waals surface area contributed by atoms with Gasteiger partial charge in [0.25, 0.3) is 0 Å². The van der Waals surface area contributed by atoms with Gasteiger partial charge in [-0.1, -0.05) is 18.6 Å². The van der Waals surface area contributed by atoms with Gasteiger partial charge in [0.15, 0.2) is 0 Å². The average Bonchev–Trinajstić information content (AvgIpc) is 2.71. The normalized spacial score (nSPS) is 34.7. The maximum Gasteiger partial charge on any atom is 0.248 e. The van der Waals surface area contributed by atoms with E-state index < -0.39 is 0 Å². The van der Waals surface area contributed by atoms with Crippen LogP contribution >= 0.6 is 0 Å². The molecule has 158 valence electrons. The number of primary amides is 1. The SMILES string of the molecule is CO[C@@]1(c2cccc(C(N)=O)c2)[C@@H]2CCC[C@H]1CN(C1CCC3(CC1)COC3)C2. The molecule has 0 radical (unpaired) electrons. The molecule has 2 aliphatic carbocycles. The molecular weight excluding hydrogens is 364 g/mol. The average molecular weight is 399 g/mol. The zero-order valence-corrected chi connectivity index (χ0v) is 17.6. The van der Waals surface area contributed by atoms with E-state index in [0.29, 0.717) is 28.9 Å². The highest BCUT2D eigenvalue weighted by atomic mass is 16.5. The van der Waals surface area contributed by atoms with Crippen LogP contribution < -0.4 is 5.73 Å². The van der Waals surface area contributed by atoms with Crippen LogP contribution in [0.5, 0.6) is 0 Å².